The maximum atomic E-state index is 10.4. The van der Waals surface area contributed by atoms with Crippen LogP contribution >= 0.6 is 34.2 Å². The Balaban J connectivity index is 2.34. The first-order chi connectivity index (χ1) is 8.61. The Morgan fingerprint density at radius 1 is 1.17 bits per heavy atom. The van der Waals surface area contributed by atoms with Gasteiger partial charge in [0.2, 0.25) is 0 Å². The number of aliphatic hydroxyl groups is 1. The molecule has 0 aromatic heterocycles. The summed E-state index contributed by atoms with van der Waals surface area (Å²) in [5.74, 6) is 0. The summed E-state index contributed by atoms with van der Waals surface area (Å²) >= 11 is 8.20. The van der Waals surface area contributed by atoms with Crippen LogP contribution in [0.3, 0.4) is 0 Å². The number of hydrogen-bond acceptors (Lipinski definition) is 1. The van der Waals surface area contributed by atoms with Crippen LogP contribution in [0.5, 0.6) is 0 Å². The molecule has 0 amide bonds. The summed E-state index contributed by atoms with van der Waals surface area (Å²) in [4.78, 5) is 0. The summed E-state index contributed by atoms with van der Waals surface area (Å²) in [6, 6.07) is 13.6. The molecule has 0 spiro atoms. The topological polar surface area (TPSA) is 20.2 Å². The standard InChI is InChI=1S/C15H14ClIO/c1-2-10-3-5-11(6-4-10)15(18)13-9-12(16)7-8-14(13)17/h3-9,15,18H,2H2,1H3. The molecule has 1 atom stereocenters. The molecule has 2 aromatic rings. The van der Waals surface area contributed by atoms with Crippen molar-refractivity contribution in [1.29, 1.82) is 0 Å². The van der Waals surface area contributed by atoms with Gasteiger partial charge in [-0.15, -0.1) is 0 Å². The van der Waals surface area contributed by atoms with Gasteiger partial charge in [0.1, 0.15) is 6.10 Å². The lowest BCUT2D eigenvalue weighted by Gasteiger charge is -2.14. The van der Waals surface area contributed by atoms with Gasteiger partial charge in [-0.2, -0.15) is 0 Å². The largest absolute Gasteiger partial charge is 0.384 e. The molecule has 0 fully saturated rings. The maximum Gasteiger partial charge on any atom is 0.105 e. The third-order valence-corrected chi connectivity index (χ3v) is 4.17. The van der Waals surface area contributed by atoms with E-state index >= 15 is 0 Å². The van der Waals surface area contributed by atoms with Gasteiger partial charge < -0.3 is 5.11 Å². The predicted octanol–water partition coefficient (Wildman–Crippen LogP) is 4.59. The lowest BCUT2D eigenvalue weighted by molar-refractivity contribution is 0.219. The van der Waals surface area contributed by atoms with Crippen LogP contribution in [0.15, 0.2) is 42.5 Å². The first-order valence-electron chi connectivity index (χ1n) is 5.83. The van der Waals surface area contributed by atoms with E-state index in [0.717, 1.165) is 21.1 Å². The highest BCUT2D eigenvalue weighted by atomic mass is 127. The SMILES string of the molecule is CCc1ccc(C(O)c2cc(Cl)ccc2I)cc1. The van der Waals surface area contributed by atoms with E-state index in [-0.39, 0.29) is 0 Å². The second-order valence-electron chi connectivity index (χ2n) is 4.16. The van der Waals surface area contributed by atoms with Crippen LogP contribution in [0.25, 0.3) is 0 Å². The lowest BCUT2D eigenvalue weighted by Crippen LogP contribution is -2.02. The predicted molar refractivity (Wildman–Crippen MR) is 84.1 cm³/mol. The second-order valence-corrected chi connectivity index (χ2v) is 5.76. The van der Waals surface area contributed by atoms with Gasteiger partial charge >= 0.3 is 0 Å². The number of halogens is 2. The van der Waals surface area contributed by atoms with Crippen molar-refractivity contribution in [2.75, 3.05) is 0 Å². The smallest absolute Gasteiger partial charge is 0.105 e. The molecule has 2 aromatic carbocycles. The van der Waals surface area contributed by atoms with E-state index in [1.54, 1.807) is 0 Å². The summed E-state index contributed by atoms with van der Waals surface area (Å²) in [6.45, 7) is 2.12. The molecule has 3 heteroatoms. The Kier molecular flexibility index (Phi) is 4.65. The fourth-order valence-corrected chi connectivity index (χ4v) is 2.65. The summed E-state index contributed by atoms with van der Waals surface area (Å²) in [5.41, 5.74) is 3.02. The molecule has 1 unspecified atom stereocenters. The van der Waals surface area contributed by atoms with E-state index in [2.05, 4.69) is 41.6 Å². The number of aryl methyl sites for hydroxylation is 1. The van der Waals surface area contributed by atoms with Gasteiger partial charge in [0, 0.05) is 8.59 Å². The zero-order valence-electron chi connectivity index (χ0n) is 10.0. The van der Waals surface area contributed by atoms with Crippen molar-refractivity contribution in [2.45, 2.75) is 19.4 Å². The van der Waals surface area contributed by atoms with Crippen molar-refractivity contribution in [3.63, 3.8) is 0 Å². The van der Waals surface area contributed by atoms with Crippen molar-refractivity contribution in [3.05, 3.63) is 67.7 Å². The molecule has 2 rings (SSSR count). The molecule has 1 N–H and O–H groups in total. The van der Waals surface area contributed by atoms with Gasteiger partial charge in [-0.25, -0.2) is 0 Å². The van der Waals surface area contributed by atoms with Crippen LogP contribution in [0.1, 0.15) is 29.7 Å². The third-order valence-electron chi connectivity index (χ3n) is 2.96. The first kappa shape index (κ1) is 13.8. The van der Waals surface area contributed by atoms with Crippen molar-refractivity contribution in [3.8, 4) is 0 Å². The van der Waals surface area contributed by atoms with E-state index in [4.69, 9.17) is 11.6 Å². The van der Waals surface area contributed by atoms with Crippen molar-refractivity contribution in [1.82, 2.24) is 0 Å². The molecule has 94 valence electrons. The molecule has 0 aliphatic heterocycles. The molecule has 0 aliphatic carbocycles. The zero-order valence-corrected chi connectivity index (χ0v) is 12.9. The Bertz CT molecular complexity index is 537. The Labute approximate surface area is 126 Å². The van der Waals surface area contributed by atoms with Gasteiger partial charge in [-0.05, 0) is 63.9 Å². The van der Waals surface area contributed by atoms with Gasteiger partial charge in [0.25, 0.3) is 0 Å². The first-order valence-corrected chi connectivity index (χ1v) is 7.29. The highest BCUT2D eigenvalue weighted by molar-refractivity contribution is 14.1. The van der Waals surface area contributed by atoms with Crippen molar-refractivity contribution in [2.24, 2.45) is 0 Å². The molecule has 0 bridgehead atoms. The number of hydrogen-bond donors (Lipinski definition) is 1. The fourth-order valence-electron chi connectivity index (χ4n) is 1.84. The highest BCUT2D eigenvalue weighted by Crippen LogP contribution is 2.28. The molecule has 0 radical (unpaired) electrons. The van der Waals surface area contributed by atoms with Crippen LogP contribution in [-0.2, 0) is 6.42 Å². The summed E-state index contributed by atoms with van der Waals surface area (Å²) < 4.78 is 1.02. The minimum Gasteiger partial charge on any atom is -0.384 e. The molecule has 18 heavy (non-hydrogen) atoms. The normalized spacial score (nSPS) is 12.4. The average molecular weight is 373 g/mol. The summed E-state index contributed by atoms with van der Waals surface area (Å²) in [6.07, 6.45) is 0.381. The van der Waals surface area contributed by atoms with Gasteiger partial charge in [0.05, 0.1) is 0 Å². The van der Waals surface area contributed by atoms with E-state index in [1.807, 2.05) is 30.3 Å². The molecule has 0 heterocycles. The third kappa shape index (κ3) is 3.05. The van der Waals surface area contributed by atoms with Crippen LogP contribution < -0.4 is 0 Å². The Morgan fingerprint density at radius 2 is 1.83 bits per heavy atom. The van der Waals surface area contributed by atoms with Crippen molar-refractivity contribution < 1.29 is 5.11 Å². The molecule has 1 nitrogen and oxygen atoms in total. The lowest BCUT2D eigenvalue weighted by atomic mass is 10.00. The second kappa shape index (κ2) is 6.04. The number of benzene rings is 2. The number of aliphatic hydroxyl groups excluding tert-OH is 1. The van der Waals surface area contributed by atoms with E-state index in [0.29, 0.717) is 5.02 Å². The minimum atomic E-state index is -0.624. The van der Waals surface area contributed by atoms with Crippen LogP contribution in [0, 0.1) is 3.57 Å². The van der Waals surface area contributed by atoms with Gasteiger partial charge in [-0.1, -0.05) is 42.8 Å². The summed E-state index contributed by atoms with van der Waals surface area (Å²) in [5, 5.41) is 11.0. The van der Waals surface area contributed by atoms with Gasteiger partial charge in [0.15, 0.2) is 0 Å². The average Bonchev–Trinajstić information content (AvgIpc) is 2.41. The number of rotatable bonds is 3. The Morgan fingerprint density at radius 3 is 2.44 bits per heavy atom. The Hall–Kier alpha value is -0.580. The zero-order chi connectivity index (χ0) is 13.1. The van der Waals surface area contributed by atoms with Gasteiger partial charge in [-0.3, -0.25) is 0 Å². The monoisotopic (exact) mass is 372 g/mol. The highest BCUT2D eigenvalue weighted by Gasteiger charge is 2.13. The summed E-state index contributed by atoms with van der Waals surface area (Å²) in [7, 11) is 0. The van der Waals surface area contributed by atoms with E-state index < -0.39 is 6.10 Å². The van der Waals surface area contributed by atoms with Crippen molar-refractivity contribution >= 4 is 34.2 Å². The molecule has 0 aliphatic rings. The molecule has 0 saturated carbocycles. The molecular weight excluding hydrogens is 359 g/mol. The van der Waals surface area contributed by atoms with Crippen LogP contribution in [0.2, 0.25) is 5.02 Å². The van der Waals surface area contributed by atoms with E-state index in [9.17, 15) is 5.11 Å². The molecule has 0 saturated heterocycles. The maximum absolute atomic E-state index is 10.4. The minimum absolute atomic E-state index is 0.624. The molecular formula is C15H14ClIO. The quantitative estimate of drug-likeness (QED) is 0.781. The van der Waals surface area contributed by atoms with E-state index in [1.165, 1.54) is 5.56 Å². The fraction of sp³-hybridized carbons (Fsp3) is 0.200. The van der Waals surface area contributed by atoms with Crippen LogP contribution in [-0.4, -0.2) is 5.11 Å². The van der Waals surface area contributed by atoms with Crippen LogP contribution in [0.4, 0.5) is 0 Å².